The number of aryl methyl sites for hydroxylation is 1. The first-order chi connectivity index (χ1) is 14.9. The van der Waals surface area contributed by atoms with Gasteiger partial charge in [-0.15, -0.1) is 0 Å². The van der Waals surface area contributed by atoms with Crippen molar-refractivity contribution in [3.63, 3.8) is 0 Å². The van der Waals surface area contributed by atoms with Gasteiger partial charge in [-0.2, -0.15) is 0 Å². The molecule has 0 spiro atoms. The van der Waals surface area contributed by atoms with Gasteiger partial charge in [0, 0.05) is 6.54 Å². The third-order valence-corrected chi connectivity index (χ3v) is 6.86. The minimum Gasteiger partial charge on any atom is -0.476 e. The van der Waals surface area contributed by atoms with E-state index in [0.717, 1.165) is 11.1 Å². The first-order valence-corrected chi connectivity index (χ1v) is 11.7. The monoisotopic (exact) mass is 436 g/mol. The molecule has 160 valence electrons. The fourth-order valence-electron chi connectivity index (χ4n) is 3.47. The first kappa shape index (κ1) is 20.9. The van der Waals surface area contributed by atoms with Gasteiger partial charge in [0.2, 0.25) is 10.0 Å². The van der Waals surface area contributed by atoms with E-state index in [1.165, 1.54) is 4.31 Å². The molecule has 6 nitrogen and oxygen atoms in total. The molecule has 31 heavy (non-hydrogen) atoms. The van der Waals surface area contributed by atoms with Crippen molar-refractivity contribution in [3.05, 3.63) is 95.6 Å². The van der Waals surface area contributed by atoms with Gasteiger partial charge in [0.15, 0.2) is 6.10 Å². The van der Waals surface area contributed by atoms with Gasteiger partial charge in [-0.25, -0.2) is 8.42 Å². The summed E-state index contributed by atoms with van der Waals surface area (Å²) in [6, 6.07) is 23.7. The molecule has 1 N–H and O–H groups in total. The molecule has 1 heterocycles. The molecule has 1 aliphatic heterocycles. The molecule has 1 aliphatic rings. The molecular weight excluding hydrogens is 412 g/mol. The Labute approximate surface area is 182 Å². The normalized spacial score (nSPS) is 15.6. The average molecular weight is 437 g/mol. The lowest BCUT2D eigenvalue weighted by molar-refractivity contribution is -0.127. The Hall–Kier alpha value is -3.32. The number of ether oxygens (including phenoxy) is 1. The van der Waals surface area contributed by atoms with Gasteiger partial charge in [-0.3, -0.25) is 9.10 Å². The highest BCUT2D eigenvalue weighted by atomic mass is 32.2. The van der Waals surface area contributed by atoms with E-state index in [1.54, 1.807) is 48.5 Å². The highest BCUT2D eigenvalue weighted by Gasteiger charge is 2.36. The fraction of sp³-hybridized carbons (Fsp3) is 0.208. The highest BCUT2D eigenvalue weighted by Crippen LogP contribution is 2.35. The Kier molecular flexibility index (Phi) is 5.95. The van der Waals surface area contributed by atoms with E-state index in [2.05, 4.69) is 5.32 Å². The van der Waals surface area contributed by atoms with Crippen LogP contribution in [0, 0.1) is 6.92 Å². The lowest BCUT2D eigenvalue weighted by atomic mass is 10.1. The molecular formula is C24H24N2O4S. The number of hydrogen-bond acceptors (Lipinski definition) is 4. The van der Waals surface area contributed by atoms with Crippen LogP contribution >= 0.6 is 0 Å². The smallest absolute Gasteiger partial charge is 0.263 e. The second-order valence-corrected chi connectivity index (χ2v) is 9.44. The van der Waals surface area contributed by atoms with E-state index in [0.29, 0.717) is 23.5 Å². The number of anilines is 1. The largest absolute Gasteiger partial charge is 0.476 e. The van der Waals surface area contributed by atoms with E-state index >= 15 is 0 Å². The molecule has 1 amide bonds. The molecule has 4 rings (SSSR count). The lowest BCUT2D eigenvalue weighted by Gasteiger charge is -2.34. The summed E-state index contributed by atoms with van der Waals surface area (Å²) in [7, 11) is -3.71. The summed E-state index contributed by atoms with van der Waals surface area (Å²) in [4.78, 5) is 12.8. The van der Waals surface area contributed by atoms with E-state index < -0.39 is 16.1 Å². The average Bonchev–Trinajstić information content (AvgIpc) is 2.78. The van der Waals surface area contributed by atoms with Crippen LogP contribution < -0.4 is 14.4 Å². The number of rotatable bonds is 6. The molecule has 0 radical (unpaired) electrons. The van der Waals surface area contributed by atoms with Gasteiger partial charge in [0.05, 0.1) is 18.0 Å². The third kappa shape index (κ3) is 4.88. The van der Waals surface area contributed by atoms with E-state index in [4.69, 9.17) is 4.74 Å². The van der Waals surface area contributed by atoms with E-state index in [-0.39, 0.29) is 18.2 Å². The molecule has 0 aliphatic carbocycles. The quantitative estimate of drug-likeness (QED) is 0.643. The standard InChI is InChI=1S/C24H24N2O4S/c1-18-11-13-19(14-12-18)15-25-24(27)23-16-26(21-9-5-6-10-22(21)30-23)31(28,29)17-20-7-3-2-4-8-20/h2-14,23H,15-17H2,1H3,(H,25,27). The van der Waals surface area contributed by atoms with Crippen molar-refractivity contribution >= 4 is 21.6 Å². The maximum absolute atomic E-state index is 13.2. The maximum Gasteiger partial charge on any atom is 0.263 e. The van der Waals surface area contributed by atoms with Crippen LogP contribution in [0.5, 0.6) is 5.75 Å². The Bertz CT molecular complexity index is 1160. The van der Waals surface area contributed by atoms with Crippen LogP contribution in [0.15, 0.2) is 78.9 Å². The van der Waals surface area contributed by atoms with Gasteiger partial charge in [0.1, 0.15) is 5.75 Å². The summed E-state index contributed by atoms with van der Waals surface area (Å²) in [6.07, 6.45) is -0.939. The molecule has 0 bridgehead atoms. The number of hydrogen-bond donors (Lipinski definition) is 1. The number of para-hydroxylation sites is 2. The van der Waals surface area contributed by atoms with Crippen molar-refractivity contribution in [2.45, 2.75) is 25.3 Å². The summed E-state index contributed by atoms with van der Waals surface area (Å²) in [5.41, 5.74) is 3.23. The van der Waals surface area contributed by atoms with E-state index in [1.807, 2.05) is 37.3 Å². The van der Waals surface area contributed by atoms with Gasteiger partial charge in [-0.05, 0) is 30.2 Å². The predicted molar refractivity (Wildman–Crippen MR) is 120 cm³/mol. The van der Waals surface area contributed by atoms with Crippen molar-refractivity contribution < 1.29 is 17.9 Å². The Morgan fingerprint density at radius 1 is 0.968 bits per heavy atom. The number of benzene rings is 3. The van der Waals surface area contributed by atoms with Crippen molar-refractivity contribution in [2.24, 2.45) is 0 Å². The summed E-state index contributed by atoms with van der Waals surface area (Å²) < 4.78 is 33.6. The van der Waals surface area contributed by atoms with Gasteiger partial charge >= 0.3 is 0 Å². The van der Waals surface area contributed by atoms with Crippen molar-refractivity contribution in [2.75, 3.05) is 10.8 Å². The van der Waals surface area contributed by atoms with Crippen molar-refractivity contribution in [1.29, 1.82) is 0 Å². The van der Waals surface area contributed by atoms with Gasteiger partial charge in [0.25, 0.3) is 5.91 Å². The molecule has 0 fully saturated rings. The van der Waals surface area contributed by atoms with Crippen LogP contribution in [-0.4, -0.2) is 27.0 Å². The summed E-state index contributed by atoms with van der Waals surface area (Å²) in [5.74, 6) is -0.129. The maximum atomic E-state index is 13.2. The summed E-state index contributed by atoms with van der Waals surface area (Å²) in [6.45, 7) is 2.27. The van der Waals surface area contributed by atoms with E-state index in [9.17, 15) is 13.2 Å². The molecule has 0 saturated carbocycles. The third-order valence-electron chi connectivity index (χ3n) is 5.14. The topological polar surface area (TPSA) is 75.7 Å². The van der Waals surface area contributed by atoms with Crippen molar-refractivity contribution in [1.82, 2.24) is 5.32 Å². The number of fused-ring (bicyclic) bond motifs is 1. The van der Waals surface area contributed by atoms with Crippen LogP contribution in [0.1, 0.15) is 16.7 Å². The van der Waals surface area contributed by atoms with Crippen LogP contribution in [0.25, 0.3) is 0 Å². The minimum atomic E-state index is -3.71. The van der Waals surface area contributed by atoms with Crippen molar-refractivity contribution in [3.8, 4) is 5.75 Å². The highest BCUT2D eigenvalue weighted by molar-refractivity contribution is 7.92. The Morgan fingerprint density at radius 3 is 2.39 bits per heavy atom. The number of carbonyl (C=O) groups excluding carboxylic acids is 1. The molecule has 0 aromatic heterocycles. The number of amides is 1. The fourth-order valence-corrected chi connectivity index (χ4v) is 5.06. The summed E-state index contributed by atoms with van der Waals surface area (Å²) in [5, 5.41) is 2.86. The first-order valence-electron chi connectivity index (χ1n) is 10.1. The number of sulfonamides is 1. The molecule has 1 atom stereocenters. The minimum absolute atomic E-state index is 0.0775. The zero-order valence-corrected chi connectivity index (χ0v) is 18.0. The van der Waals surface area contributed by atoms with Gasteiger partial charge in [-0.1, -0.05) is 72.3 Å². The molecule has 0 saturated heterocycles. The van der Waals surface area contributed by atoms with Gasteiger partial charge < -0.3 is 10.1 Å². The molecule has 1 unspecified atom stereocenters. The molecule has 3 aromatic rings. The molecule has 7 heteroatoms. The van der Waals surface area contributed by atoms with Crippen LogP contribution in [0.4, 0.5) is 5.69 Å². The SMILES string of the molecule is Cc1ccc(CNC(=O)C2CN(S(=O)(=O)Cc3ccccc3)c3ccccc3O2)cc1. The molecule has 3 aromatic carbocycles. The number of nitrogens with one attached hydrogen (secondary N) is 1. The van der Waals surface area contributed by atoms with Crippen LogP contribution in [0.2, 0.25) is 0 Å². The number of nitrogens with zero attached hydrogens (tertiary/aromatic N) is 1. The predicted octanol–water partition coefficient (Wildman–Crippen LogP) is 3.41. The summed E-state index contributed by atoms with van der Waals surface area (Å²) >= 11 is 0. The number of carbonyl (C=O) groups is 1. The second-order valence-electron chi connectivity index (χ2n) is 7.55. The van der Waals surface area contributed by atoms with Crippen LogP contribution in [0.3, 0.4) is 0 Å². The lowest BCUT2D eigenvalue weighted by Crippen LogP contribution is -2.50. The van der Waals surface area contributed by atoms with Crippen LogP contribution in [-0.2, 0) is 27.1 Å². The second kappa shape index (κ2) is 8.81. The Morgan fingerprint density at radius 2 is 1.65 bits per heavy atom. The zero-order valence-electron chi connectivity index (χ0n) is 17.2. The zero-order chi connectivity index (χ0) is 21.8. The Balaban J connectivity index is 1.53.